The van der Waals surface area contributed by atoms with Crippen molar-refractivity contribution < 1.29 is 9.47 Å². The lowest BCUT2D eigenvalue weighted by atomic mass is 9.84. The van der Waals surface area contributed by atoms with Crippen LogP contribution in [0.3, 0.4) is 0 Å². The van der Waals surface area contributed by atoms with Crippen LogP contribution >= 0.6 is 24.0 Å². The lowest BCUT2D eigenvalue weighted by Crippen LogP contribution is -2.44. The van der Waals surface area contributed by atoms with Crippen molar-refractivity contribution in [2.75, 3.05) is 26.9 Å². The van der Waals surface area contributed by atoms with E-state index in [1.807, 2.05) is 6.07 Å². The number of rotatable bonds is 5. The molecular formula is C17H28IN3O2. The molecule has 2 N–H and O–H groups in total. The van der Waals surface area contributed by atoms with Crippen LogP contribution in [0.1, 0.15) is 33.3 Å². The van der Waals surface area contributed by atoms with E-state index in [2.05, 4.69) is 55.5 Å². The van der Waals surface area contributed by atoms with Crippen molar-refractivity contribution in [3.63, 3.8) is 0 Å². The summed E-state index contributed by atoms with van der Waals surface area (Å²) in [6, 6.07) is 6.14. The summed E-state index contributed by atoms with van der Waals surface area (Å²) in [5, 5.41) is 6.73. The second-order valence-electron chi connectivity index (χ2n) is 6.65. The van der Waals surface area contributed by atoms with E-state index in [0.29, 0.717) is 12.7 Å². The van der Waals surface area contributed by atoms with Crippen LogP contribution in [0.4, 0.5) is 0 Å². The van der Waals surface area contributed by atoms with Gasteiger partial charge in [-0.3, -0.25) is 4.99 Å². The molecule has 1 aliphatic rings. The fraction of sp³-hybridized carbons (Fsp3) is 0.588. The zero-order valence-corrected chi connectivity index (χ0v) is 16.9. The van der Waals surface area contributed by atoms with Crippen molar-refractivity contribution >= 4 is 29.9 Å². The standard InChI is InChI=1S/C17H27N3O2.HI/c1-12(2)9-19-16(18-5)20-10-17(3,4)13-6-7-14-15(8-13)22-11-21-14;/h6-8,12H,9-11H2,1-5H3,(H2,18,19,20);1H. The molecule has 0 fully saturated rings. The minimum Gasteiger partial charge on any atom is -0.454 e. The molecule has 0 saturated heterocycles. The molecule has 5 nitrogen and oxygen atoms in total. The first-order valence-corrected chi connectivity index (χ1v) is 7.77. The SMILES string of the molecule is CN=C(NCC(C)C)NCC(C)(C)c1ccc2c(c1)OCO2.I. The van der Waals surface area contributed by atoms with Gasteiger partial charge < -0.3 is 20.1 Å². The van der Waals surface area contributed by atoms with Crippen molar-refractivity contribution in [2.24, 2.45) is 10.9 Å². The van der Waals surface area contributed by atoms with E-state index in [4.69, 9.17) is 9.47 Å². The Bertz CT molecular complexity index is 545. The van der Waals surface area contributed by atoms with Gasteiger partial charge in [-0.1, -0.05) is 33.8 Å². The molecule has 0 bridgehead atoms. The molecule has 1 heterocycles. The predicted octanol–water partition coefficient (Wildman–Crippen LogP) is 3.13. The van der Waals surface area contributed by atoms with Gasteiger partial charge in [0.05, 0.1) is 0 Å². The third kappa shape index (κ3) is 5.44. The topological polar surface area (TPSA) is 54.9 Å². The van der Waals surface area contributed by atoms with E-state index in [-0.39, 0.29) is 29.4 Å². The van der Waals surface area contributed by atoms with Gasteiger partial charge in [0.15, 0.2) is 17.5 Å². The quantitative estimate of drug-likeness (QED) is 0.426. The minimum absolute atomic E-state index is 0. The number of guanidine groups is 1. The molecule has 0 unspecified atom stereocenters. The van der Waals surface area contributed by atoms with Crippen molar-refractivity contribution in [3.05, 3.63) is 23.8 Å². The first-order valence-electron chi connectivity index (χ1n) is 7.77. The van der Waals surface area contributed by atoms with Crippen molar-refractivity contribution in [1.82, 2.24) is 10.6 Å². The summed E-state index contributed by atoms with van der Waals surface area (Å²) >= 11 is 0. The van der Waals surface area contributed by atoms with Gasteiger partial charge in [0, 0.05) is 25.6 Å². The first kappa shape index (κ1) is 19.9. The molecule has 0 atom stereocenters. The molecule has 1 aliphatic heterocycles. The first-order chi connectivity index (χ1) is 10.4. The molecule has 0 amide bonds. The van der Waals surface area contributed by atoms with Crippen molar-refractivity contribution in [1.29, 1.82) is 0 Å². The number of aliphatic imine (C=N–C) groups is 1. The van der Waals surface area contributed by atoms with Crippen LogP contribution in [0.15, 0.2) is 23.2 Å². The fourth-order valence-electron chi connectivity index (χ4n) is 2.25. The van der Waals surface area contributed by atoms with Crippen LogP contribution in [-0.2, 0) is 5.41 Å². The maximum atomic E-state index is 5.47. The van der Waals surface area contributed by atoms with Crippen LogP contribution in [0, 0.1) is 5.92 Å². The molecule has 1 aromatic rings. The number of nitrogens with zero attached hydrogens (tertiary/aromatic N) is 1. The Morgan fingerprint density at radius 2 is 1.91 bits per heavy atom. The van der Waals surface area contributed by atoms with Gasteiger partial charge in [0.2, 0.25) is 6.79 Å². The third-order valence-electron chi connectivity index (χ3n) is 3.75. The van der Waals surface area contributed by atoms with Gasteiger partial charge in [0.25, 0.3) is 0 Å². The predicted molar refractivity (Wildman–Crippen MR) is 105 cm³/mol. The Hall–Kier alpha value is -1.18. The van der Waals surface area contributed by atoms with Crippen molar-refractivity contribution in [3.8, 4) is 11.5 Å². The maximum Gasteiger partial charge on any atom is 0.231 e. The average Bonchev–Trinajstić information content (AvgIpc) is 2.94. The number of halogens is 1. The van der Waals surface area contributed by atoms with Crippen LogP contribution in [0.25, 0.3) is 0 Å². The molecule has 130 valence electrons. The van der Waals surface area contributed by atoms with E-state index in [0.717, 1.165) is 30.5 Å². The lowest BCUT2D eigenvalue weighted by molar-refractivity contribution is 0.174. The highest BCUT2D eigenvalue weighted by Crippen LogP contribution is 2.36. The minimum atomic E-state index is -0.0452. The van der Waals surface area contributed by atoms with Gasteiger partial charge in [-0.2, -0.15) is 0 Å². The summed E-state index contributed by atoms with van der Waals surface area (Å²) in [5.41, 5.74) is 1.17. The summed E-state index contributed by atoms with van der Waals surface area (Å²) in [6.45, 7) is 10.8. The third-order valence-corrected chi connectivity index (χ3v) is 3.75. The molecule has 0 aliphatic carbocycles. The van der Waals surface area contributed by atoms with E-state index in [1.54, 1.807) is 7.05 Å². The molecule has 23 heavy (non-hydrogen) atoms. The number of hydrogen-bond donors (Lipinski definition) is 2. The van der Waals surface area contributed by atoms with Crippen LogP contribution < -0.4 is 20.1 Å². The number of fused-ring (bicyclic) bond motifs is 1. The Kier molecular flexibility index (Phi) is 7.44. The highest BCUT2D eigenvalue weighted by atomic mass is 127. The van der Waals surface area contributed by atoms with Crippen LogP contribution in [-0.4, -0.2) is 32.9 Å². The summed E-state index contributed by atoms with van der Waals surface area (Å²) in [7, 11) is 1.79. The second kappa shape index (κ2) is 8.61. The smallest absolute Gasteiger partial charge is 0.231 e. The second-order valence-corrected chi connectivity index (χ2v) is 6.65. The highest BCUT2D eigenvalue weighted by Gasteiger charge is 2.24. The zero-order valence-electron chi connectivity index (χ0n) is 14.6. The average molecular weight is 433 g/mol. The zero-order chi connectivity index (χ0) is 16.2. The summed E-state index contributed by atoms with van der Waals surface area (Å²) < 4.78 is 10.8. The highest BCUT2D eigenvalue weighted by molar-refractivity contribution is 14.0. The van der Waals surface area contributed by atoms with E-state index < -0.39 is 0 Å². The van der Waals surface area contributed by atoms with Gasteiger partial charge in [-0.25, -0.2) is 0 Å². The largest absolute Gasteiger partial charge is 0.454 e. The number of benzene rings is 1. The molecule has 0 saturated carbocycles. The fourth-order valence-corrected chi connectivity index (χ4v) is 2.25. The monoisotopic (exact) mass is 433 g/mol. The molecule has 0 radical (unpaired) electrons. The Balaban J connectivity index is 0.00000264. The summed E-state index contributed by atoms with van der Waals surface area (Å²) in [5.74, 6) is 3.07. The van der Waals surface area contributed by atoms with Crippen LogP contribution in [0.5, 0.6) is 11.5 Å². The molecule has 0 spiro atoms. The number of hydrogen-bond acceptors (Lipinski definition) is 3. The van der Waals surface area contributed by atoms with Gasteiger partial charge >= 0.3 is 0 Å². The molecule has 1 aromatic carbocycles. The van der Waals surface area contributed by atoms with E-state index >= 15 is 0 Å². The van der Waals surface area contributed by atoms with Crippen molar-refractivity contribution in [2.45, 2.75) is 33.1 Å². The van der Waals surface area contributed by atoms with E-state index in [9.17, 15) is 0 Å². The normalized spacial score (nSPS) is 13.7. The molecule has 0 aromatic heterocycles. The number of nitrogens with one attached hydrogen (secondary N) is 2. The maximum absolute atomic E-state index is 5.47. The molecular weight excluding hydrogens is 405 g/mol. The molecule has 2 rings (SSSR count). The molecule has 6 heteroatoms. The Labute approximate surface area is 156 Å². The Morgan fingerprint density at radius 3 is 2.57 bits per heavy atom. The van der Waals surface area contributed by atoms with E-state index in [1.165, 1.54) is 5.56 Å². The lowest BCUT2D eigenvalue weighted by Gasteiger charge is -2.27. The number of ether oxygens (including phenoxy) is 2. The summed E-state index contributed by atoms with van der Waals surface area (Å²) in [4.78, 5) is 4.26. The van der Waals surface area contributed by atoms with Crippen LogP contribution in [0.2, 0.25) is 0 Å². The van der Waals surface area contributed by atoms with Gasteiger partial charge in [-0.05, 0) is 23.6 Å². The summed E-state index contributed by atoms with van der Waals surface area (Å²) in [6.07, 6.45) is 0. The Morgan fingerprint density at radius 1 is 1.22 bits per heavy atom. The van der Waals surface area contributed by atoms with Gasteiger partial charge in [0.1, 0.15) is 0 Å². The van der Waals surface area contributed by atoms with Gasteiger partial charge in [-0.15, -0.1) is 24.0 Å².